The number of likely N-dealkylation sites (N-methyl/N-ethyl adjacent to an activating group) is 1. The number of hydrogen-bond donors (Lipinski definition) is 1. The Kier molecular flexibility index (Phi) is 5.22. The van der Waals surface area contributed by atoms with Crippen LogP contribution in [0.3, 0.4) is 0 Å². The van der Waals surface area contributed by atoms with Gasteiger partial charge in [0, 0.05) is 26.2 Å². The third-order valence-electron chi connectivity index (χ3n) is 3.86. The smallest absolute Gasteiger partial charge is 0.0829 e. The van der Waals surface area contributed by atoms with E-state index in [0.29, 0.717) is 6.10 Å². The number of morpholine rings is 1. The number of rotatable bonds is 5. The first-order valence-corrected chi connectivity index (χ1v) is 7.01. The zero-order chi connectivity index (χ0) is 12.1. The molecule has 0 aromatic carbocycles. The highest BCUT2D eigenvalue weighted by Gasteiger charge is 2.26. The number of hydrogen-bond acceptors (Lipinski definition) is 4. The zero-order valence-electron chi connectivity index (χ0n) is 11.3. The van der Waals surface area contributed by atoms with Gasteiger partial charge in [0.05, 0.1) is 12.7 Å². The molecule has 0 amide bonds. The van der Waals surface area contributed by atoms with Gasteiger partial charge in [-0.1, -0.05) is 6.92 Å². The molecule has 2 unspecified atom stereocenters. The molecule has 100 valence electrons. The predicted molar refractivity (Wildman–Crippen MR) is 70.3 cm³/mol. The van der Waals surface area contributed by atoms with E-state index in [-0.39, 0.29) is 0 Å². The first-order valence-electron chi connectivity index (χ1n) is 7.01. The molecule has 2 fully saturated rings. The van der Waals surface area contributed by atoms with Crippen molar-refractivity contribution in [2.45, 2.75) is 19.4 Å². The van der Waals surface area contributed by atoms with Crippen LogP contribution in [0.1, 0.15) is 13.3 Å². The molecule has 0 bridgehead atoms. The highest BCUT2D eigenvalue weighted by molar-refractivity contribution is 4.81. The average molecular weight is 241 g/mol. The minimum absolute atomic E-state index is 0.423. The second kappa shape index (κ2) is 6.69. The number of nitrogens with one attached hydrogen (secondary N) is 1. The molecule has 2 heterocycles. The van der Waals surface area contributed by atoms with Crippen LogP contribution < -0.4 is 5.32 Å². The van der Waals surface area contributed by atoms with E-state index in [1.165, 1.54) is 26.1 Å². The topological polar surface area (TPSA) is 27.7 Å². The van der Waals surface area contributed by atoms with Crippen molar-refractivity contribution in [2.75, 3.05) is 59.5 Å². The minimum atomic E-state index is 0.423. The predicted octanol–water partition coefficient (Wildman–Crippen LogP) is 0.248. The molecule has 0 spiro atoms. The van der Waals surface area contributed by atoms with Gasteiger partial charge in [0.25, 0.3) is 0 Å². The third kappa shape index (κ3) is 4.21. The lowest BCUT2D eigenvalue weighted by Gasteiger charge is -2.32. The van der Waals surface area contributed by atoms with Gasteiger partial charge in [0.1, 0.15) is 0 Å². The highest BCUT2D eigenvalue weighted by Crippen LogP contribution is 2.17. The summed E-state index contributed by atoms with van der Waals surface area (Å²) in [6, 6.07) is 0. The summed E-state index contributed by atoms with van der Waals surface area (Å²) in [6.45, 7) is 11.1. The second-order valence-electron chi connectivity index (χ2n) is 5.48. The van der Waals surface area contributed by atoms with Crippen molar-refractivity contribution in [1.82, 2.24) is 15.1 Å². The van der Waals surface area contributed by atoms with Gasteiger partial charge >= 0.3 is 0 Å². The SMILES string of the molecule is CCNCC1CCN(CC2CN(C)CCO2)C1. The molecule has 2 rings (SSSR count). The van der Waals surface area contributed by atoms with Crippen molar-refractivity contribution in [3.05, 3.63) is 0 Å². The Bertz CT molecular complexity index is 225. The number of ether oxygens (including phenoxy) is 1. The van der Waals surface area contributed by atoms with Crippen LogP contribution in [0.4, 0.5) is 0 Å². The van der Waals surface area contributed by atoms with Crippen LogP contribution in [0.25, 0.3) is 0 Å². The fourth-order valence-corrected chi connectivity index (χ4v) is 2.86. The fraction of sp³-hybridized carbons (Fsp3) is 1.00. The van der Waals surface area contributed by atoms with Crippen LogP contribution in [0.2, 0.25) is 0 Å². The summed E-state index contributed by atoms with van der Waals surface area (Å²) >= 11 is 0. The molecule has 0 saturated carbocycles. The monoisotopic (exact) mass is 241 g/mol. The minimum Gasteiger partial charge on any atom is -0.374 e. The van der Waals surface area contributed by atoms with E-state index in [0.717, 1.165) is 38.7 Å². The van der Waals surface area contributed by atoms with Crippen molar-refractivity contribution in [2.24, 2.45) is 5.92 Å². The lowest BCUT2D eigenvalue weighted by Crippen LogP contribution is -2.45. The molecule has 0 aromatic heterocycles. The maximum Gasteiger partial charge on any atom is 0.0829 e. The van der Waals surface area contributed by atoms with Crippen LogP contribution in [0, 0.1) is 5.92 Å². The van der Waals surface area contributed by atoms with Gasteiger partial charge in [-0.2, -0.15) is 0 Å². The van der Waals surface area contributed by atoms with Gasteiger partial charge in [-0.3, -0.25) is 0 Å². The Hall–Kier alpha value is -0.160. The molecule has 4 nitrogen and oxygen atoms in total. The van der Waals surface area contributed by atoms with E-state index in [1.807, 2.05) is 0 Å². The summed E-state index contributed by atoms with van der Waals surface area (Å²) < 4.78 is 5.83. The largest absolute Gasteiger partial charge is 0.374 e. The van der Waals surface area contributed by atoms with E-state index < -0.39 is 0 Å². The summed E-state index contributed by atoms with van der Waals surface area (Å²) in [5.41, 5.74) is 0. The lowest BCUT2D eigenvalue weighted by molar-refractivity contribution is -0.0331. The molecule has 2 atom stereocenters. The van der Waals surface area contributed by atoms with Crippen molar-refractivity contribution in [3.63, 3.8) is 0 Å². The summed E-state index contributed by atoms with van der Waals surface area (Å²) in [4.78, 5) is 4.95. The maximum absolute atomic E-state index is 5.83. The maximum atomic E-state index is 5.83. The Morgan fingerprint density at radius 1 is 1.29 bits per heavy atom. The van der Waals surface area contributed by atoms with E-state index in [1.54, 1.807) is 0 Å². The van der Waals surface area contributed by atoms with Gasteiger partial charge in [0.15, 0.2) is 0 Å². The van der Waals surface area contributed by atoms with Gasteiger partial charge in [-0.15, -0.1) is 0 Å². The van der Waals surface area contributed by atoms with Gasteiger partial charge in [-0.25, -0.2) is 0 Å². The van der Waals surface area contributed by atoms with Gasteiger partial charge in [0.2, 0.25) is 0 Å². The number of likely N-dealkylation sites (tertiary alicyclic amines) is 1. The molecule has 0 radical (unpaired) electrons. The van der Waals surface area contributed by atoms with Crippen LogP contribution in [-0.4, -0.2) is 75.4 Å². The first-order chi connectivity index (χ1) is 8.28. The van der Waals surface area contributed by atoms with Crippen LogP contribution in [0.15, 0.2) is 0 Å². The molecule has 4 heteroatoms. The second-order valence-corrected chi connectivity index (χ2v) is 5.48. The summed E-state index contributed by atoms with van der Waals surface area (Å²) in [7, 11) is 2.19. The fourth-order valence-electron chi connectivity index (χ4n) is 2.86. The lowest BCUT2D eigenvalue weighted by atomic mass is 10.1. The molecular weight excluding hydrogens is 214 g/mol. The van der Waals surface area contributed by atoms with Crippen molar-refractivity contribution in [1.29, 1.82) is 0 Å². The molecule has 2 saturated heterocycles. The van der Waals surface area contributed by atoms with Crippen molar-refractivity contribution >= 4 is 0 Å². The van der Waals surface area contributed by atoms with Crippen LogP contribution in [-0.2, 0) is 4.74 Å². The number of nitrogens with zero attached hydrogens (tertiary/aromatic N) is 2. The average Bonchev–Trinajstić information content (AvgIpc) is 2.74. The first kappa shape index (κ1) is 13.3. The molecule has 1 N–H and O–H groups in total. The molecule has 2 aliphatic rings. The Morgan fingerprint density at radius 3 is 2.94 bits per heavy atom. The Morgan fingerprint density at radius 2 is 2.18 bits per heavy atom. The quantitative estimate of drug-likeness (QED) is 0.747. The molecular formula is C13H27N3O. The summed E-state index contributed by atoms with van der Waals surface area (Å²) in [5.74, 6) is 0.844. The molecule has 2 aliphatic heterocycles. The van der Waals surface area contributed by atoms with Crippen molar-refractivity contribution in [3.8, 4) is 0 Å². The van der Waals surface area contributed by atoms with E-state index >= 15 is 0 Å². The molecule has 0 aromatic rings. The van der Waals surface area contributed by atoms with E-state index in [2.05, 4.69) is 29.1 Å². The van der Waals surface area contributed by atoms with Gasteiger partial charge in [-0.05, 0) is 39.0 Å². The summed E-state index contributed by atoms with van der Waals surface area (Å²) in [6.07, 6.45) is 1.77. The van der Waals surface area contributed by atoms with Crippen LogP contribution in [0.5, 0.6) is 0 Å². The third-order valence-corrected chi connectivity index (χ3v) is 3.86. The van der Waals surface area contributed by atoms with Crippen LogP contribution >= 0.6 is 0 Å². The highest BCUT2D eigenvalue weighted by atomic mass is 16.5. The normalized spacial score (nSPS) is 32.1. The van der Waals surface area contributed by atoms with E-state index in [9.17, 15) is 0 Å². The summed E-state index contributed by atoms with van der Waals surface area (Å²) in [5, 5.41) is 3.46. The van der Waals surface area contributed by atoms with Crippen molar-refractivity contribution < 1.29 is 4.74 Å². The van der Waals surface area contributed by atoms with Gasteiger partial charge < -0.3 is 19.9 Å². The molecule has 0 aliphatic carbocycles. The molecule has 17 heavy (non-hydrogen) atoms. The standard InChI is InChI=1S/C13H27N3O/c1-3-14-8-12-4-5-16(9-12)11-13-10-15(2)6-7-17-13/h12-14H,3-11H2,1-2H3. The Labute approximate surface area is 105 Å². The Balaban J connectivity index is 1.66. The zero-order valence-corrected chi connectivity index (χ0v) is 11.3. The van der Waals surface area contributed by atoms with E-state index in [4.69, 9.17) is 4.74 Å².